The van der Waals surface area contributed by atoms with E-state index in [0.29, 0.717) is 30.9 Å². The lowest BCUT2D eigenvalue weighted by Gasteiger charge is -2.42. The molecular formula is C15H22N2O3. The molecule has 0 saturated carbocycles. The molecule has 1 unspecified atom stereocenters. The molecule has 2 rings (SSSR count). The molecule has 1 heterocycles. The number of carbonyl (C=O) groups is 1. The molecule has 1 amide bonds. The van der Waals surface area contributed by atoms with Crippen LogP contribution in [-0.2, 0) is 4.74 Å². The topological polar surface area (TPSA) is 64.8 Å². The number of ether oxygens (including phenoxy) is 2. The summed E-state index contributed by atoms with van der Waals surface area (Å²) in [6.45, 7) is 5.39. The van der Waals surface area contributed by atoms with Crippen LogP contribution < -0.4 is 10.5 Å². The summed E-state index contributed by atoms with van der Waals surface area (Å²) in [4.78, 5) is 14.5. The second-order valence-electron chi connectivity index (χ2n) is 5.62. The Morgan fingerprint density at radius 2 is 2.20 bits per heavy atom. The third kappa shape index (κ3) is 3.11. The predicted molar refractivity (Wildman–Crippen MR) is 76.9 cm³/mol. The van der Waals surface area contributed by atoms with Crippen LogP contribution in [0, 0.1) is 0 Å². The van der Waals surface area contributed by atoms with Crippen LogP contribution in [0.25, 0.3) is 0 Å². The van der Waals surface area contributed by atoms with Gasteiger partial charge in [0.25, 0.3) is 5.91 Å². The Labute approximate surface area is 119 Å². The maximum atomic E-state index is 12.7. The van der Waals surface area contributed by atoms with E-state index in [1.165, 1.54) is 0 Å². The summed E-state index contributed by atoms with van der Waals surface area (Å²) >= 11 is 0. The van der Waals surface area contributed by atoms with Crippen LogP contribution in [-0.4, -0.2) is 49.3 Å². The zero-order valence-electron chi connectivity index (χ0n) is 12.3. The number of carbonyl (C=O) groups excluding carboxylic acids is 1. The van der Waals surface area contributed by atoms with Crippen molar-refractivity contribution >= 4 is 5.91 Å². The zero-order chi connectivity index (χ0) is 14.8. The fraction of sp³-hybridized carbons (Fsp3) is 0.533. The summed E-state index contributed by atoms with van der Waals surface area (Å²) in [7, 11) is 1.57. The van der Waals surface area contributed by atoms with E-state index in [1.54, 1.807) is 24.1 Å². The van der Waals surface area contributed by atoms with Gasteiger partial charge in [0.15, 0.2) is 0 Å². The van der Waals surface area contributed by atoms with Crippen molar-refractivity contribution in [2.75, 3.05) is 26.7 Å². The number of rotatable bonds is 3. The third-order valence-electron chi connectivity index (χ3n) is 3.37. The SMILES string of the molecule is COc1ccccc1C(=O)N1CC(CN)OC(C)(C)C1. The molecule has 0 radical (unpaired) electrons. The summed E-state index contributed by atoms with van der Waals surface area (Å²) < 4.78 is 11.1. The fourth-order valence-corrected chi connectivity index (χ4v) is 2.56. The minimum absolute atomic E-state index is 0.0442. The van der Waals surface area contributed by atoms with Gasteiger partial charge in [0.05, 0.1) is 24.4 Å². The zero-order valence-corrected chi connectivity index (χ0v) is 12.3. The number of para-hydroxylation sites is 1. The maximum Gasteiger partial charge on any atom is 0.257 e. The number of hydrogen-bond donors (Lipinski definition) is 1. The number of nitrogens with zero attached hydrogens (tertiary/aromatic N) is 1. The Morgan fingerprint density at radius 3 is 2.85 bits per heavy atom. The van der Waals surface area contributed by atoms with E-state index in [9.17, 15) is 4.79 Å². The average Bonchev–Trinajstić information content (AvgIpc) is 2.44. The van der Waals surface area contributed by atoms with Crippen LogP contribution in [0.5, 0.6) is 5.75 Å². The fourth-order valence-electron chi connectivity index (χ4n) is 2.56. The van der Waals surface area contributed by atoms with Crippen molar-refractivity contribution in [3.63, 3.8) is 0 Å². The Balaban J connectivity index is 2.23. The third-order valence-corrected chi connectivity index (χ3v) is 3.37. The summed E-state index contributed by atoms with van der Waals surface area (Å²) in [5, 5.41) is 0. The lowest BCUT2D eigenvalue weighted by Crippen LogP contribution is -2.56. The molecule has 0 aromatic heterocycles. The molecule has 1 fully saturated rings. The number of nitrogens with two attached hydrogens (primary N) is 1. The molecule has 1 aliphatic heterocycles. The monoisotopic (exact) mass is 278 g/mol. The minimum atomic E-state index is -0.389. The molecule has 1 saturated heterocycles. The van der Waals surface area contributed by atoms with Gasteiger partial charge in [0.2, 0.25) is 0 Å². The van der Waals surface area contributed by atoms with E-state index in [4.69, 9.17) is 15.2 Å². The first-order chi connectivity index (χ1) is 9.46. The van der Waals surface area contributed by atoms with Crippen molar-refractivity contribution in [3.8, 4) is 5.75 Å². The first kappa shape index (κ1) is 14.8. The van der Waals surface area contributed by atoms with E-state index in [2.05, 4.69) is 0 Å². The summed E-state index contributed by atoms with van der Waals surface area (Å²) in [5.74, 6) is 0.545. The molecule has 5 nitrogen and oxygen atoms in total. The number of methoxy groups -OCH3 is 1. The highest BCUT2D eigenvalue weighted by Gasteiger charge is 2.35. The van der Waals surface area contributed by atoms with E-state index in [-0.39, 0.29) is 17.6 Å². The largest absolute Gasteiger partial charge is 0.496 e. The van der Waals surface area contributed by atoms with E-state index >= 15 is 0 Å². The molecule has 20 heavy (non-hydrogen) atoms. The Kier molecular flexibility index (Phi) is 4.30. The van der Waals surface area contributed by atoms with Gasteiger partial charge in [-0.15, -0.1) is 0 Å². The van der Waals surface area contributed by atoms with Crippen LogP contribution in [0.3, 0.4) is 0 Å². The molecule has 2 N–H and O–H groups in total. The van der Waals surface area contributed by atoms with Crippen molar-refractivity contribution < 1.29 is 14.3 Å². The van der Waals surface area contributed by atoms with Crippen LogP contribution in [0.2, 0.25) is 0 Å². The Morgan fingerprint density at radius 1 is 1.50 bits per heavy atom. The smallest absolute Gasteiger partial charge is 0.257 e. The van der Waals surface area contributed by atoms with Gasteiger partial charge in [-0.2, -0.15) is 0 Å². The molecule has 1 aromatic carbocycles. The molecule has 5 heteroatoms. The van der Waals surface area contributed by atoms with E-state index in [0.717, 1.165) is 0 Å². The van der Waals surface area contributed by atoms with Crippen LogP contribution in [0.4, 0.5) is 0 Å². The first-order valence-electron chi connectivity index (χ1n) is 6.77. The van der Waals surface area contributed by atoms with Crippen molar-refractivity contribution in [3.05, 3.63) is 29.8 Å². The van der Waals surface area contributed by atoms with Crippen molar-refractivity contribution in [2.45, 2.75) is 25.6 Å². The lowest BCUT2D eigenvalue weighted by molar-refractivity contribution is -0.122. The second kappa shape index (κ2) is 5.81. The molecule has 1 aromatic rings. The number of benzene rings is 1. The van der Waals surface area contributed by atoms with Crippen molar-refractivity contribution in [1.29, 1.82) is 0 Å². The number of hydrogen-bond acceptors (Lipinski definition) is 4. The molecule has 0 aliphatic carbocycles. The highest BCUT2D eigenvalue weighted by Crippen LogP contribution is 2.25. The Hall–Kier alpha value is -1.59. The summed E-state index contributed by atoms with van der Waals surface area (Å²) in [6, 6.07) is 7.25. The van der Waals surface area contributed by atoms with Gasteiger partial charge in [0, 0.05) is 19.6 Å². The van der Waals surface area contributed by atoms with Gasteiger partial charge in [-0.1, -0.05) is 12.1 Å². The lowest BCUT2D eigenvalue weighted by atomic mass is 10.0. The van der Waals surface area contributed by atoms with Crippen LogP contribution >= 0.6 is 0 Å². The number of morpholine rings is 1. The second-order valence-corrected chi connectivity index (χ2v) is 5.62. The minimum Gasteiger partial charge on any atom is -0.496 e. The van der Waals surface area contributed by atoms with Crippen LogP contribution in [0.1, 0.15) is 24.2 Å². The summed E-state index contributed by atoms with van der Waals surface area (Å²) in [6.07, 6.45) is -0.127. The normalized spacial score (nSPS) is 21.6. The highest BCUT2D eigenvalue weighted by molar-refractivity contribution is 5.97. The molecule has 0 bridgehead atoms. The average molecular weight is 278 g/mol. The molecule has 0 spiro atoms. The van der Waals surface area contributed by atoms with Crippen LogP contribution in [0.15, 0.2) is 24.3 Å². The molecule has 110 valence electrons. The molecule has 1 aliphatic rings. The Bertz CT molecular complexity index is 488. The van der Waals surface area contributed by atoms with Gasteiger partial charge in [0.1, 0.15) is 5.75 Å². The quantitative estimate of drug-likeness (QED) is 0.904. The molecular weight excluding hydrogens is 256 g/mol. The van der Waals surface area contributed by atoms with E-state index in [1.807, 2.05) is 26.0 Å². The van der Waals surface area contributed by atoms with Gasteiger partial charge in [-0.05, 0) is 26.0 Å². The van der Waals surface area contributed by atoms with Gasteiger partial charge in [-0.3, -0.25) is 4.79 Å². The maximum absolute atomic E-state index is 12.7. The first-order valence-corrected chi connectivity index (χ1v) is 6.77. The van der Waals surface area contributed by atoms with Gasteiger partial charge in [-0.25, -0.2) is 0 Å². The summed E-state index contributed by atoms with van der Waals surface area (Å²) in [5.41, 5.74) is 5.88. The van der Waals surface area contributed by atoms with Gasteiger partial charge < -0.3 is 20.1 Å². The van der Waals surface area contributed by atoms with E-state index < -0.39 is 0 Å². The van der Waals surface area contributed by atoms with Gasteiger partial charge >= 0.3 is 0 Å². The highest BCUT2D eigenvalue weighted by atomic mass is 16.5. The number of amides is 1. The van der Waals surface area contributed by atoms with Crippen molar-refractivity contribution in [1.82, 2.24) is 4.90 Å². The predicted octanol–water partition coefficient (Wildman–Crippen LogP) is 1.27. The van der Waals surface area contributed by atoms with Crippen molar-refractivity contribution in [2.24, 2.45) is 5.73 Å². The molecule has 1 atom stereocenters. The standard InChI is InChI=1S/C15H22N2O3/c1-15(2)10-17(9-11(8-16)20-15)14(18)12-6-4-5-7-13(12)19-3/h4-7,11H,8-10,16H2,1-3H3.